The topological polar surface area (TPSA) is 50.4 Å². The minimum Gasteiger partial charge on any atom is -0.494 e. The predicted molar refractivity (Wildman–Crippen MR) is 139 cm³/mol. The number of anilines is 3. The lowest BCUT2D eigenvalue weighted by molar-refractivity contribution is -0.115. The molecule has 4 nitrogen and oxygen atoms in total. The average Bonchev–Trinajstić information content (AvgIpc) is 2.81. The maximum Gasteiger partial charge on any atom is 0.228 e. The molecule has 3 rings (SSSR count). The second kappa shape index (κ2) is 13.1. The molecule has 174 valence electrons. The van der Waals surface area contributed by atoms with E-state index < -0.39 is 0 Å². The molecule has 0 saturated heterocycles. The standard InChI is InChI=1S/C27H30Cl2N2O2/c1-2-3-4-5-8-18-33-22-16-14-21(15-17-22)30-26(32)19-20-10-6-7-13-25(20)31-27-23(28)11-9-12-24(27)29/h6-7,9-17,31H,2-5,8,18-19H2,1H3,(H,30,32). The second-order valence-electron chi connectivity index (χ2n) is 7.89. The Balaban J connectivity index is 1.54. The van der Waals surface area contributed by atoms with Crippen molar-refractivity contribution in [2.75, 3.05) is 17.2 Å². The van der Waals surface area contributed by atoms with E-state index in [1.165, 1.54) is 25.7 Å². The van der Waals surface area contributed by atoms with Crippen LogP contribution in [0.4, 0.5) is 17.1 Å². The van der Waals surface area contributed by atoms with E-state index >= 15 is 0 Å². The molecule has 0 aliphatic heterocycles. The van der Waals surface area contributed by atoms with E-state index in [1.54, 1.807) is 18.2 Å². The molecule has 0 radical (unpaired) electrons. The summed E-state index contributed by atoms with van der Waals surface area (Å²) in [7, 11) is 0. The fourth-order valence-electron chi connectivity index (χ4n) is 3.46. The van der Waals surface area contributed by atoms with Gasteiger partial charge >= 0.3 is 0 Å². The molecule has 0 aliphatic carbocycles. The molecule has 33 heavy (non-hydrogen) atoms. The Bertz CT molecular complexity index is 1020. The number of carbonyl (C=O) groups is 1. The molecule has 0 aliphatic rings. The third kappa shape index (κ3) is 7.99. The number of para-hydroxylation sites is 2. The summed E-state index contributed by atoms with van der Waals surface area (Å²) in [4.78, 5) is 12.7. The van der Waals surface area contributed by atoms with Crippen LogP contribution in [0.5, 0.6) is 5.75 Å². The van der Waals surface area contributed by atoms with Crippen molar-refractivity contribution in [1.29, 1.82) is 0 Å². The molecule has 0 fully saturated rings. The number of rotatable bonds is 12. The first-order valence-corrected chi connectivity index (χ1v) is 12.1. The van der Waals surface area contributed by atoms with E-state index in [-0.39, 0.29) is 12.3 Å². The number of hydrogen-bond acceptors (Lipinski definition) is 3. The van der Waals surface area contributed by atoms with Crippen molar-refractivity contribution in [2.45, 2.75) is 45.4 Å². The summed E-state index contributed by atoms with van der Waals surface area (Å²) in [6.07, 6.45) is 6.25. The lowest BCUT2D eigenvalue weighted by Crippen LogP contribution is -2.15. The Morgan fingerprint density at radius 2 is 1.55 bits per heavy atom. The van der Waals surface area contributed by atoms with E-state index in [9.17, 15) is 4.79 Å². The zero-order valence-electron chi connectivity index (χ0n) is 18.9. The number of carbonyl (C=O) groups excluding carboxylic acids is 1. The summed E-state index contributed by atoms with van der Waals surface area (Å²) in [6.45, 7) is 2.93. The van der Waals surface area contributed by atoms with E-state index in [0.717, 1.165) is 29.1 Å². The highest BCUT2D eigenvalue weighted by Crippen LogP contribution is 2.33. The van der Waals surface area contributed by atoms with Crippen LogP contribution in [0.15, 0.2) is 66.7 Å². The van der Waals surface area contributed by atoms with Gasteiger partial charge in [-0.15, -0.1) is 0 Å². The fraction of sp³-hybridized carbons (Fsp3) is 0.296. The lowest BCUT2D eigenvalue weighted by Gasteiger charge is -2.14. The third-order valence-electron chi connectivity index (χ3n) is 5.25. The van der Waals surface area contributed by atoms with Crippen molar-refractivity contribution in [3.05, 3.63) is 82.3 Å². The Hall–Kier alpha value is -2.69. The normalized spacial score (nSPS) is 10.6. The van der Waals surface area contributed by atoms with Crippen molar-refractivity contribution < 1.29 is 9.53 Å². The Morgan fingerprint density at radius 3 is 2.27 bits per heavy atom. The van der Waals surface area contributed by atoms with Crippen LogP contribution in [-0.4, -0.2) is 12.5 Å². The van der Waals surface area contributed by atoms with E-state index in [0.29, 0.717) is 22.3 Å². The Labute approximate surface area is 206 Å². The monoisotopic (exact) mass is 484 g/mol. The van der Waals surface area contributed by atoms with Crippen LogP contribution in [0.2, 0.25) is 10.0 Å². The number of ether oxygens (including phenoxy) is 1. The van der Waals surface area contributed by atoms with Crippen LogP contribution in [0.3, 0.4) is 0 Å². The van der Waals surface area contributed by atoms with Crippen molar-refractivity contribution in [1.82, 2.24) is 0 Å². The van der Waals surface area contributed by atoms with E-state index in [4.69, 9.17) is 27.9 Å². The summed E-state index contributed by atoms with van der Waals surface area (Å²) >= 11 is 12.6. The molecule has 3 aromatic rings. The van der Waals surface area contributed by atoms with Gasteiger partial charge in [-0.2, -0.15) is 0 Å². The van der Waals surface area contributed by atoms with Gasteiger partial charge in [0, 0.05) is 11.4 Å². The maximum atomic E-state index is 12.7. The van der Waals surface area contributed by atoms with Crippen LogP contribution in [0.1, 0.15) is 44.6 Å². The maximum absolute atomic E-state index is 12.7. The molecule has 0 heterocycles. The van der Waals surface area contributed by atoms with Crippen molar-refractivity contribution in [3.63, 3.8) is 0 Å². The quantitative estimate of drug-likeness (QED) is 0.254. The molecule has 0 bridgehead atoms. The van der Waals surface area contributed by atoms with Gasteiger partial charge in [-0.25, -0.2) is 0 Å². The summed E-state index contributed by atoms with van der Waals surface area (Å²) in [5, 5.41) is 7.25. The number of halogens is 2. The summed E-state index contributed by atoms with van der Waals surface area (Å²) in [5.74, 6) is 0.703. The predicted octanol–water partition coefficient (Wildman–Crippen LogP) is 8.27. The molecule has 6 heteroatoms. The van der Waals surface area contributed by atoms with Crippen molar-refractivity contribution in [2.24, 2.45) is 0 Å². The van der Waals surface area contributed by atoms with Crippen molar-refractivity contribution >= 4 is 46.2 Å². The van der Waals surface area contributed by atoms with E-state index in [2.05, 4.69) is 17.6 Å². The van der Waals surface area contributed by atoms with Gasteiger partial charge in [-0.3, -0.25) is 4.79 Å². The first-order valence-electron chi connectivity index (χ1n) is 11.4. The van der Waals surface area contributed by atoms with Crippen molar-refractivity contribution in [3.8, 4) is 5.75 Å². The number of nitrogens with one attached hydrogen (secondary N) is 2. The minimum atomic E-state index is -0.112. The first kappa shape index (κ1) is 24.9. The van der Waals surface area contributed by atoms with Crippen LogP contribution in [-0.2, 0) is 11.2 Å². The molecule has 0 spiro atoms. The molecule has 1 amide bonds. The minimum absolute atomic E-state index is 0.112. The highest BCUT2D eigenvalue weighted by Gasteiger charge is 2.11. The van der Waals surface area contributed by atoms with Crippen LogP contribution in [0.25, 0.3) is 0 Å². The molecular weight excluding hydrogens is 455 g/mol. The second-order valence-corrected chi connectivity index (χ2v) is 8.71. The number of benzene rings is 3. The van der Waals surface area contributed by atoms with Crippen LogP contribution >= 0.6 is 23.2 Å². The van der Waals surface area contributed by atoms with Crippen LogP contribution in [0, 0.1) is 0 Å². The summed E-state index contributed by atoms with van der Waals surface area (Å²) in [5.41, 5.74) is 2.98. The molecule has 0 atom stereocenters. The zero-order valence-corrected chi connectivity index (χ0v) is 20.4. The lowest BCUT2D eigenvalue weighted by atomic mass is 10.1. The van der Waals surface area contributed by atoms with Gasteiger partial charge in [0.15, 0.2) is 0 Å². The van der Waals surface area contributed by atoms with Gasteiger partial charge in [0.2, 0.25) is 5.91 Å². The molecule has 2 N–H and O–H groups in total. The number of amides is 1. The fourth-order valence-corrected chi connectivity index (χ4v) is 3.95. The molecule has 3 aromatic carbocycles. The summed E-state index contributed by atoms with van der Waals surface area (Å²) < 4.78 is 5.79. The summed E-state index contributed by atoms with van der Waals surface area (Å²) in [6, 6.07) is 20.4. The number of hydrogen-bond donors (Lipinski definition) is 2. The Morgan fingerprint density at radius 1 is 0.848 bits per heavy atom. The molecule has 0 saturated carbocycles. The number of unbranched alkanes of at least 4 members (excludes halogenated alkanes) is 4. The Kier molecular flexibility index (Phi) is 9.92. The van der Waals surface area contributed by atoms with Gasteiger partial charge in [-0.1, -0.05) is 80.1 Å². The zero-order chi connectivity index (χ0) is 23.5. The molecular formula is C27H30Cl2N2O2. The smallest absolute Gasteiger partial charge is 0.228 e. The van der Waals surface area contributed by atoms with E-state index in [1.807, 2.05) is 48.5 Å². The van der Waals surface area contributed by atoms with Crippen LogP contribution < -0.4 is 15.4 Å². The SMILES string of the molecule is CCCCCCCOc1ccc(NC(=O)Cc2ccccc2Nc2c(Cl)cccc2Cl)cc1. The molecule has 0 aromatic heterocycles. The largest absolute Gasteiger partial charge is 0.494 e. The third-order valence-corrected chi connectivity index (χ3v) is 5.88. The van der Waals surface area contributed by atoms with Gasteiger partial charge in [-0.05, 0) is 54.4 Å². The average molecular weight is 485 g/mol. The van der Waals surface area contributed by atoms with Gasteiger partial charge in [0.25, 0.3) is 0 Å². The van der Waals surface area contributed by atoms with Gasteiger partial charge in [0.05, 0.1) is 28.8 Å². The first-order chi connectivity index (χ1) is 16.1. The van der Waals surface area contributed by atoms with Gasteiger partial charge < -0.3 is 15.4 Å². The van der Waals surface area contributed by atoms with Gasteiger partial charge in [0.1, 0.15) is 5.75 Å². The highest BCUT2D eigenvalue weighted by molar-refractivity contribution is 6.39. The molecule has 0 unspecified atom stereocenters. The highest BCUT2D eigenvalue weighted by atomic mass is 35.5.